The maximum Gasteiger partial charge on any atom is 0.308 e. The highest BCUT2D eigenvalue weighted by Gasteiger charge is 2.58. The molecule has 0 unspecified atom stereocenters. The Kier molecular flexibility index (Phi) is 8.35. The van der Waals surface area contributed by atoms with Crippen LogP contribution in [0.2, 0.25) is 0 Å². The Balaban J connectivity index is 1.54. The predicted octanol–water partition coefficient (Wildman–Crippen LogP) is 5.98. The summed E-state index contributed by atoms with van der Waals surface area (Å²) in [5.74, 6) is 0.431. The number of carbonyl (C=O) groups excluding carboxylic acids is 2. The quantitative estimate of drug-likeness (QED) is 0.211. The van der Waals surface area contributed by atoms with Gasteiger partial charge in [-0.15, -0.1) is 6.58 Å². The van der Waals surface area contributed by atoms with Crippen molar-refractivity contribution in [2.24, 2.45) is 5.92 Å². The predicted molar refractivity (Wildman–Crippen MR) is 163 cm³/mol. The number of nitrogens with zero attached hydrogens (tertiary/aromatic N) is 2. The third-order valence-electron chi connectivity index (χ3n) is 9.00. The Morgan fingerprint density at radius 2 is 1.88 bits per heavy atom. The second-order valence-electron chi connectivity index (χ2n) is 12.3. The van der Waals surface area contributed by atoms with Crippen LogP contribution in [-0.2, 0) is 10.2 Å². The summed E-state index contributed by atoms with van der Waals surface area (Å²) in [6, 6.07) is 21.7. The number of carbonyl (C=O) groups is 2. The highest BCUT2D eigenvalue weighted by molar-refractivity contribution is 5.98. The first-order valence-corrected chi connectivity index (χ1v) is 14.8. The molecule has 41 heavy (non-hydrogen) atoms. The van der Waals surface area contributed by atoms with E-state index in [1.165, 1.54) is 6.92 Å². The van der Waals surface area contributed by atoms with Gasteiger partial charge in [0, 0.05) is 43.6 Å². The molecule has 1 N–H and O–H groups in total. The molecule has 1 heterocycles. The minimum absolute atomic E-state index is 0.0350. The van der Waals surface area contributed by atoms with Crippen molar-refractivity contribution in [3.8, 4) is 5.75 Å². The first-order chi connectivity index (χ1) is 19.6. The molecule has 2 aliphatic rings. The van der Waals surface area contributed by atoms with Crippen molar-refractivity contribution in [1.82, 2.24) is 9.80 Å². The molecule has 0 spiro atoms. The van der Waals surface area contributed by atoms with Crippen LogP contribution in [0.3, 0.4) is 0 Å². The van der Waals surface area contributed by atoms with E-state index in [4.69, 9.17) is 4.74 Å². The maximum absolute atomic E-state index is 14.2. The van der Waals surface area contributed by atoms with Gasteiger partial charge >= 0.3 is 5.97 Å². The zero-order valence-corrected chi connectivity index (χ0v) is 24.5. The fourth-order valence-corrected chi connectivity index (χ4v) is 7.14. The van der Waals surface area contributed by atoms with Crippen LogP contribution < -0.4 is 4.74 Å². The lowest BCUT2D eigenvalue weighted by Gasteiger charge is -2.59. The molecule has 0 bridgehead atoms. The maximum atomic E-state index is 14.2. The Bertz CT molecular complexity index is 1430. The molecule has 1 aliphatic carbocycles. The van der Waals surface area contributed by atoms with E-state index in [1.54, 1.807) is 6.07 Å². The number of hydrogen-bond acceptors (Lipinski definition) is 5. The Hall–Kier alpha value is -3.48. The first kappa shape index (κ1) is 29.0. The molecule has 1 aliphatic heterocycles. The van der Waals surface area contributed by atoms with Crippen LogP contribution in [0.15, 0.2) is 79.4 Å². The zero-order valence-electron chi connectivity index (χ0n) is 24.5. The number of β-amino-alcohol motifs (C(OH)–C–C–N with tert-alkyl or cyclic N) is 1. The molecule has 0 radical (unpaired) electrons. The standard InChI is InChI=1S/C35H42N2O4/c1-5-18-36-19-17-34(30-11-8-12-32(21-30)41-26(4)38)22-31(15-16-35(34,40)24-36)37(23-25(2)3)33(39)29-14-13-27-9-6-7-10-28(27)20-29/h5-14,20-21,25,31,40H,1,15-19,22-24H2,2-4H3/t31-,34+,35+/m1/s1. The van der Waals surface area contributed by atoms with Gasteiger partial charge in [0.1, 0.15) is 5.75 Å². The molecule has 3 aromatic carbocycles. The molecule has 1 saturated heterocycles. The molecule has 5 rings (SSSR count). The first-order valence-electron chi connectivity index (χ1n) is 14.8. The molecular formula is C35H42N2O4. The third kappa shape index (κ3) is 5.81. The second-order valence-corrected chi connectivity index (χ2v) is 12.3. The van der Waals surface area contributed by atoms with Gasteiger partial charge in [0.2, 0.25) is 0 Å². The number of piperidine rings is 1. The third-order valence-corrected chi connectivity index (χ3v) is 9.00. The largest absolute Gasteiger partial charge is 0.427 e. The Morgan fingerprint density at radius 3 is 2.61 bits per heavy atom. The fourth-order valence-electron chi connectivity index (χ4n) is 7.14. The van der Waals surface area contributed by atoms with Crippen LogP contribution >= 0.6 is 0 Å². The number of ether oxygens (including phenoxy) is 1. The van der Waals surface area contributed by atoms with Crippen molar-refractivity contribution in [1.29, 1.82) is 0 Å². The highest BCUT2D eigenvalue weighted by atomic mass is 16.5. The average molecular weight is 555 g/mol. The minimum atomic E-state index is -0.991. The summed E-state index contributed by atoms with van der Waals surface area (Å²) in [6.45, 7) is 12.3. The van der Waals surface area contributed by atoms with E-state index in [1.807, 2.05) is 60.7 Å². The van der Waals surface area contributed by atoms with Crippen LogP contribution in [0.5, 0.6) is 5.75 Å². The van der Waals surface area contributed by atoms with E-state index in [0.717, 1.165) is 42.3 Å². The van der Waals surface area contributed by atoms with Crippen LogP contribution in [0.25, 0.3) is 10.8 Å². The lowest BCUT2D eigenvalue weighted by atomic mass is 9.55. The number of hydrogen-bond donors (Lipinski definition) is 1. The summed E-state index contributed by atoms with van der Waals surface area (Å²) in [5.41, 5.74) is 0.0684. The monoisotopic (exact) mass is 554 g/mol. The van der Waals surface area contributed by atoms with Crippen LogP contribution in [0, 0.1) is 5.92 Å². The summed E-state index contributed by atoms with van der Waals surface area (Å²) in [6.07, 6.45) is 4.55. The molecule has 1 saturated carbocycles. The molecular weight excluding hydrogens is 512 g/mol. The van der Waals surface area contributed by atoms with Crippen molar-refractivity contribution in [3.63, 3.8) is 0 Å². The van der Waals surface area contributed by atoms with Gasteiger partial charge in [-0.1, -0.05) is 62.4 Å². The number of likely N-dealkylation sites (tertiary alicyclic amines) is 1. The van der Waals surface area contributed by atoms with E-state index >= 15 is 0 Å². The molecule has 6 heteroatoms. The second kappa shape index (κ2) is 11.8. The van der Waals surface area contributed by atoms with Crippen molar-refractivity contribution < 1.29 is 19.4 Å². The van der Waals surface area contributed by atoms with Crippen molar-refractivity contribution in [3.05, 3.63) is 90.5 Å². The van der Waals surface area contributed by atoms with Crippen LogP contribution in [0.1, 0.15) is 62.4 Å². The molecule has 6 nitrogen and oxygen atoms in total. The lowest BCUT2D eigenvalue weighted by molar-refractivity contribution is -0.132. The van der Waals surface area contributed by atoms with E-state index in [9.17, 15) is 14.7 Å². The molecule has 0 aromatic heterocycles. The SMILES string of the molecule is C=CCN1CC[C@@]2(c3cccc(OC(C)=O)c3)C[C@H](N(CC(C)C)C(=O)c3ccc4ccccc4c3)CC[C@]2(O)C1. The van der Waals surface area contributed by atoms with Gasteiger partial charge in [-0.3, -0.25) is 14.5 Å². The summed E-state index contributed by atoms with van der Waals surface area (Å²) in [5, 5.41) is 14.6. The van der Waals surface area contributed by atoms with Gasteiger partial charge in [0.15, 0.2) is 0 Å². The number of amides is 1. The lowest BCUT2D eigenvalue weighted by Crippen LogP contribution is -2.67. The van der Waals surface area contributed by atoms with Gasteiger partial charge < -0.3 is 14.7 Å². The highest BCUT2D eigenvalue weighted by Crippen LogP contribution is 2.53. The van der Waals surface area contributed by atoms with E-state index in [0.29, 0.717) is 37.2 Å². The van der Waals surface area contributed by atoms with Crippen molar-refractivity contribution >= 4 is 22.6 Å². The number of esters is 1. The van der Waals surface area contributed by atoms with Crippen LogP contribution in [0.4, 0.5) is 0 Å². The fraction of sp³-hybridized carbons (Fsp3) is 0.429. The minimum Gasteiger partial charge on any atom is -0.427 e. The van der Waals surface area contributed by atoms with Gasteiger partial charge in [-0.2, -0.15) is 0 Å². The average Bonchev–Trinajstić information content (AvgIpc) is 2.95. The van der Waals surface area contributed by atoms with Gasteiger partial charge in [0.25, 0.3) is 5.91 Å². The van der Waals surface area contributed by atoms with E-state index < -0.39 is 11.0 Å². The number of aliphatic hydroxyl groups is 1. The smallest absolute Gasteiger partial charge is 0.308 e. The van der Waals surface area contributed by atoms with Crippen molar-refractivity contribution in [2.45, 2.75) is 63.5 Å². The summed E-state index contributed by atoms with van der Waals surface area (Å²) in [7, 11) is 0. The number of benzene rings is 3. The number of fused-ring (bicyclic) bond motifs is 2. The summed E-state index contributed by atoms with van der Waals surface area (Å²) < 4.78 is 5.46. The molecule has 3 atom stereocenters. The van der Waals surface area contributed by atoms with Gasteiger partial charge in [-0.25, -0.2) is 0 Å². The van der Waals surface area contributed by atoms with E-state index in [-0.39, 0.29) is 23.8 Å². The Morgan fingerprint density at radius 1 is 1.10 bits per heavy atom. The van der Waals surface area contributed by atoms with Crippen LogP contribution in [-0.4, -0.2) is 64.6 Å². The molecule has 1 amide bonds. The Labute approximate surface area is 243 Å². The van der Waals surface area contributed by atoms with Crippen molar-refractivity contribution in [2.75, 3.05) is 26.2 Å². The normalized spacial score (nSPS) is 24.6. The number of rotatable bonds is 8. The molecule has 216 valence electrons. The topological polar surface area (TPSA) is 70.1 Å². The van der Waals surface area contributed by atoms with Gasteiger partial charge in [-0.05, 0) is 78.7 Å². The van der Waals surface area contributed by atoms with Gasteiger partial charge in [0.05, 0.1) is 5.60 Å². The zero-order chi connectivity index (χ0) is 29.2. The molecule has 2 fully saturated rings. The summed E-state index contributed by atoms with van der Waals surface area (Å²) in [4.78, 5) is 30.3. The summed E-state index contributed by atoms with van der Waals surface area (Å²) >= 11 is 0. The molecule has 3 aromatic rings. The van der Waals surface area contributed by atoms with E-state index in [2.05, 4.69) is 36.3 Å².